The van der Waals surface area contributed by atoms with E-state index in [1.807, 2.05) is 0 Å². The number of nitro groups is 1. The Morgan fingerprint density at radius 2 is 2.05 bits per heavy atom. The number of nitro benzene ring substituents is 1. The van der Waals surface area contributed by atoms with Crippen LogP contribution in [-0.4, -0.2) is 19.8 Å². The van der Waals surface area contributed by atoms with Gasteiger partial charge in [-0.05, 0) is 25.0 Å². The Balaban J connectivity index is 2.03. The average molecular weight is 294 g/mol. The molecule has 1 fully saturated rings. The summed E-state index contributed by atoms with van der Waals surface area (Å²) in [5.41, 5.74) is 2.13. The van der Waals surface area contributed by atoms with E-state index in [9.17, 15) is 15.2 Å². The summed E-state index contributed by atoms with van der Waals surface area (Å²) in [6, 6.07) is 6.00. The van der Waals surface area contributed by atoms with Crippen LogP contribution in [0.3, 0.4) is 0 Å². The van der Waals surface area contributed by atoms with Crippen LogP contribution < -0.4 is 0 Å². The largest absolute Gasteiger partial charge is 0.391 e. The quantitative estimate of drug-likeness (QED) is 0.694. The van der Waals surface area contributed by atoms with Crippen LogP contribution in [0, 0.1) is 10.1 Å². The summed E-state index contributed by atoms with van der Waals surface area (Å²) in [4.78, 5) is 10.2. The lowest BCUT2D eigenvalue weighted by atomic mass is 10.2. The maximum atomic E-state index is 10.6. The number of aliphatic hydroxyl groups is 1. The molecule has 1 aromatic carbocycles. The fraction of sp³-hybridized carbons (Fsp3) is 0.308. The molecule has 104 valence electrons. The van der Waals surface area contributed by atoms with Crippen LogP contribution >= 0.6 is 11.6 Å². The summed E-state index contributed by atoms with van der Waals surface area (Å²) in [5.74, 6) is 0.369. The van der Waals surface area contributed by atoms with Gasteiger partial charge in [0.2, 0.25) is 0 Å². The molecule has 0 atom stereocenters. The minimum absolute atomic E-state index is 0.0156. The molecular weight excluding hydrogens is 282 g/mol. The van der Waals surface area contributed by atoms with Gasteiger partial charge in [-0.3, -0.25) is 10.1 Å². The van der Waals surface area contributed by atoms with Crippen molar-refractivity contribution < 1.29 is 10.0 Å². The third-order valence-corrected chi connectivity index (χ3v) is 3.77. The number of non-ortho nitro benzene ring substituents is 1. The molecule has 1 saturated carbocycles. The number of nitrogens with zero attached hydrogens (tertiary/aromatic N) is 3. The van der Waals surface area contributed by atoms with E-state index >= 15 is 0 Å². The zero-order chi connectivity index (χ0) is 14.3. The van der Waals surface area contributed by atoms with Crippen molar-refractivity contribution in [2.75, 3.05) is 0 Å². The molecule has 0 bridgehead atoms. The van der Waals surface area contributed by atoms with Crippen molar-refractivity contribution in [3.63, 3.8) is 0 Å². The molecular formula is C13H12ClN3O3. The van der Waals surface area contributed by atoms with E-state index in [0.717, 1.165) is 18.5 Å². The molecule has 2 aromatic rings. The highest BCUT2D eigenvalue weighted by Crippen LogP contribution is 2.43. The van der Waals surface area contributed by atoms with Crippen molar-refractivity contribution in [3.8, 4) is 5.69 Å². The minimum Gasteiger partial charge on any atom is -0.391 e. The Morgan fingerprint density at radius 1 is 1.40 bits per heavy atom. The van der Waals surface area contributed by atoms with Crippen molar-refractivity contribution in [2.45, 2.75) is 25.4 Å². The molecule has 0 radical (unpaired) electrons. The number of aromatic nitrogens is 2. The van der Waals surface area contributed by atoms with E-state index in [2.05, 4.69) is 5.10 Å². The van der Waals surface area contributed by atoms with Gasteiger partial charge in [0.15, 0.2) is 0 Å². The van der Waals surface area contributed by atoms with E-state index < -0.39 is 4.92 Å². The number of rotatable bonds is 4. The zero-order valence-electron chi connectivity index (χ0n) is 10.5. The molecule has 7 heteroatoms. The molecule has 6 nitrogen and oxygen atoms in total. The second kappa shape index (κ2) is 4.88. The summed E-state index contributed by atoms with van der Waals surface area (Å²) in [6.45, 7) is -0.155. The first-order chi connectivity index (χ1) is 9.61. The maximum Gasteiger partial charge on any atom is 0.269 e. The molecule has 0 spiro atoms. The third kappa shape index (κ3) is 2.17. The summed E-state index contributed by atoms with van der Waals surface area (Å²) >= 11 is 6.24. The Bertz CT molecular complexity index is 662. The molecule has 1 N–H and O–H groups in total. The van der Waals surface area contributed by atoms with Gasteiger partial charge in [0, 0.05) is 23.6 Å². The SMILES string of the molecule is O=[N+]([O-])c1ccc(-n2nc(C3CC3)c(CO)c2Cl)cc1. The monoisotopic (exact) mass is 293 g/mol. The normalized spacial score (nSPS) is 14.5. The lowest BCUT2D eigenvalue weighted by Gasteiger charge is -2.02. The number of halogens is 1. The number of hydrogen-bond acceptors (Lipinski definition) is 4. The van der Waals surface area contributed by atoms with Gasteiger partial charge in [-0.15, -0.1) is 0 Å². The van der Waals surface area contributed by atoms with Crippen molar-refractivity contribution in [3.05, 3.63) is 50.8 Å². The van der Waals surface area contributed by atoms with E-state index in [0.29, 0.717) is 22.3 Å². The minimum atomic E-state index is -0.455. The van der Waals surface area contributed by atoms with Gasteiger partial charge in [-0.1, -0.05) is 11.6 Å². The van der Waals surface area contributed by atoms with Gasteiger partial charge in [-0.2, -0.15) is 5.10 Å². The zero-order valence-corrected chi connectivity index (χ0v) is 11.2. The standard InChI is InChI=1S/C13H12ClN3O3/c14-13-11(7-18)12(8-1-2-8)15-16(13)9-3-5-10(6-4-9)17(19)20/h3-6,8,18H,1-2,7H2. The highest BCUT2D eigenvalue weighted by atomic mass is 35.5. The fourth-order valence-corrected chi connectivity index (χ4v) is 2.46. The van der Waals surface area contributed by atoms with Crippen LogP contribution in [-0.2, 0) is 6.61 Å². The van der Waals surface area contributed by atoms with Gasteiger partial charge in [0.05, 0.1) is 22.9 Å². The molecule has 20 heavy (non-hydrogen) atoms. The molecule has 1 aromatic heterocycles. The predicted octanol–water partition coefficient (Wildman–Crippen LogP) is 2.80. The molecule has 0 amide bonds. The summed E-state index contributed by atoms with van der Waals surface area (Å²) in [5, 5.41) is 24.9. The Labute approximate surface area is 119 Å². The van der Waals surface area contributed by atoms with E-state index in [4.69, 9.17) is 11.6 Å². The van der Waals surface area contributed by atoms with Crippen molar-refractivity contribution in [2.24, 2.45) is 0 Å². The van der Waals surface area contributed by atoms with E-state index in [1.165, 1.54) is 16.8 Å². The smallest absolute Gasteiger partial charge is 0.269 e. The van der Waals surface area contributed by atoms with Crippen molar-refractivity contribution in [1.82, 2.24) is 9.78 Å². The lowest BCUT2D eigenvalue weighted by molar-refractivity contribution is -0.384. The number of benzene rings is 1. The lowest BCUT2D eigenvalue weighted by Crippen LogP contribution is -1.97. The summed E-state index contributed by atoms with van der Waals surface area (Å²) in [6.07, 6.45) is 2.11. The summed E-state index contributed by atoms with van der Waals surface area (Å²) in [7, 11) is 0. The average Bonchev–Trinajstić information content (AvgIpc) is 3.23. The molecule has 0 unspecified atom stereocenters. The van der Waals surface area contributed by atoms with Crippen LogP contribution in [0.4, 0.5) is 5.69 Å². The Morgan fingerprint density at radius 3 is 2.55 bits per heavy atom. The van der Waals surface area contributed by atoms with Crippen LogP contribution in [0.2, 0.25) is 5.15 Å². The Kier molecular flexibility index (Phi) is 3.19. The fourth-order valence-electron chi connectivity index (χ4n) is 2.16. The van der Waals surface area contributed by atoms with Crippen molar-refractivity contribution in [1.29, 1.82) is 0 Å². The molecule has 1 aliphatic rings. The topological polar surface area (TPSA) is 81.2 Å². The number of hydrogen-bond donors (Lipinski definition) is 1. The maximum absolute atomic E-state index is 10.6. The second-order valence-corrected chi connectivity index (χ2v) is 5.13. The Hall–Kier alpha value is -1.92. The van der Waals surface area contributed by atoms with Gasteiger partial charge in [0.1, 0.15) is 5.15 Å². The molecule has 0 aliphatic heterocycles. The molecule has 1 heterocycles. The van der Waals surface area contributed by atoms with Crippen LogP contribution in [0.1, 0.15) is 30.0 Å². The number of aliphatic hydroxyl groups excluding tert-OH is 1. The van der Waals surface area contributed by atoms with Crippen LogP contribution in [0.25, 0.3) is 5.69 Å². The van der Waals surface area contributed by atoms with Gasteiger partial charge < -0.3 is 5.11 Å². The van der Waals surface area contributed by atoms with Gasteiger partial charge in [-0.25, -0.2) is 4.68 Å². The molecule has 1 aliphatic carbocycles. The van der Waals surface area contributed by atoms with Crippen LogP contribution in [0.15, 0.2) is 24.3 Å². The first kappa shape index (κ1) is 13.1. The molecule has 3 rings (SSSR count). The van der Waals surface area contributed by atoms with E-state index in [1.54, 1.807) is 12.1 Å². The van der Waals surface area contributed by atoms with Gasteiger partial charge >= 0.3 is 0 Å². The molecule has 0 saturated heterocycles. The highest BCUT2D eigenvalue weighted by Gasteiger charge is 2.31. The first-order valence-electron chi connectivity index (χ1n) is 6.24. The highest BCUT2D eigenvalue weighted by molar-refractivity contribution is 6.30. The first-order valence-corrected chi connectivity index (χ1v) is 6.62. The third-order valence-electron chi connectivity index (χ3n) is 3.38. The second-order valence-electron chi connectivity index (χ2n) is 4.77. The van der Waals surface area contributed by atoms with Crippen LogP contribution in [0.5, 0.6) is 0 Å². The van der Waals surface area contributed by atoms with Gasteiger partial charge in [0.25, 0.3) is 5.69 Å². The summed E-state index contributed by atoms with van der Waals surface area (Å²) < 4.78 is 1.52. The predicted molar refractivity (Wildman–Crippen MR) is 73.1 cm³/mol. The van der Waals surface area contributed by atoms with E-state index in [-0.39, 0.29) is 12.3 Å². The van der Waals surface area contributed by atoms with Crippen molar-refractivity contribution >= 4 is 17.3 Å².